The second kappa shape index (κ2) is 9.13. The predicted octanol–water partition coefficient (Wildman–Crippen LogP) is 7.69. The van der Waals surface area contributed by atoms with Crippen LogP contribution in [0, 0.1) is 13.8 Å². The average Bonchev–Trinajstić information content (AvgIpc) is 3.41. The van der Waals surface area contributed by atoms with E-state index in [0.717, 1.165) is 27.8 Å². The summed E-state index contributed by atoms with van der Waals surface area (Å²) in [5, 5.41) is 15.1. The third kappa shape index (κ3) is 4.27. The minimum atomic E-state index is -0.954. The van der Waals surface area contributed by atoms with Gasteiger partial charge >= 0.3 is 5.97 Å². The standard InChI is InChI=1S/C27H20Cl2N2O4/c1-14-10-17(7-9-18(14)16-6-8-19-20(27(32)33)12-30-24(19)11-16)34-13-21-15(2)35-31-26(21)25-22(28)4-3-5-23(25)29/h3-12,30H,13H2,1-2H3,(H,32,33). The van der Waals surface area contributed by atoms with E-state index in [9.17, 15) is 9.90 Å². The Morgan fingerprint density at radius 3 is 2.57 bits per heavy atom. The van der Waals surface area contributed by atoms with E-state index in [1.807, 2.05) is 50.2 Å². The maximum Gasteiger partial charge on any atom is 0.337 e. The number of benzene rings is 3. The van der Waals surface area contributed by atoms with E-state index < -0.39 is 5.97 Å². The zero-order valence-corrected chi connectivity index (χ0v) is 20.4. The number of fused-ring (bicyclic) bond motifs is 1. The number of aromatic amines is 1. The molecule has 0 fully saturated rings. The van der Waals surface area contributed by atoms with E-state index in [4.69, 9.17) is 32.5 Å². The Morgan fingerprint density at radius 2 is 1.86 bits per heavy atom. The summed E-state index contributed by atoms with van der Waals surface area (Å²) >= 11 is 12.7. The molecule has 35 heavy (non-hydrogen) atoms. The third-order valence-corrected chi connectivity index (χ3v) is 6.62. The van der Waals surface area contributed by atoms with Crippen molar-refractivity contribution in [3.05, 3.63) is 93.3 Å². The Balaban J connectivity index is 1.40. The van der Waals surface area contributed by atoms with Crippen molar-refractivity contribution in [1.29, 1.82) is 0 Å². The quantitative estimate of drug-likeness (QED) is 0.246. The summed E-state index contributed by atoms with van der Waals surface area (Å²) in [6.07, 6.45) is 1.51. The molecule has 2 heterocycles. The van der Waals surface area contributed by atoms with Crippen LogP contribution in [0.1, 0.15) is 27.2 Å². The molecule has 2 aromatic heterocycles. The van der Waals surface area contributed by atoms with Crippen LogP contribution < -0.4 is 4.74 Å². The van der Waals surface area contributed by atoms with Crippen molar-refractivity contribution in [3.8, 4) is 28.1 Å². The lowest BCUT2D eigenvalue weighted by atomic mass is 9.99. The van der Waals surface area contributed by atoms with E-state index in [2.05, 4.69) is 10.1 Å². The van der Waals surface area contributed by atoms with Gasteiger partial charge in [-0.2, -0.15) is 0 Å². The number of aryl methyl sites for hydroxylation is 2. The van der Waals surface area contributed by atoms with E-state index >= 15 is 0 Å². The van der Waals surface area contributed by atoms with Crippen LogP contribution in [0.2, 0.25) is 10.0 Å². The highest BCUT2D eigenvalue weighted by Gasteiger charge is 2.20. The van der Waals surface area contributed by atoms with Crippen molar-refractivity contribution in [2.75, 3.05) is 0 Å². The molecule has 5 aromatic rings. The lowest BCUT2D eigenvalue weighted by Crippen LogP contribution is -1.99. The third-order valence-electron chi connectivity index (χ3n) is 5.99. The van der Waals surface area contributed by atoms with Gasteiger partial charge in [0.05, 0.1) is 21.2 Å². The minimum absolute atomic E-state index is 0.234. The van der Waals surface area contributed by atoms with Gasteiger partial charge in [-0.3, -0.25) is 0 Å². The number of H-pyrrole nitrogens is 1. The minimum Gasteiger partial charge on any atom is -0.489 e. The fourth-order valence-electron chi connectivity index (χ4n) is 4.16. The first-order chi connectivity index (χ1) is 16.8. The molecule has 0 radical (unpaired) electrons. The first-order valence-electron chi connectivity index (χ1n) is 10.8. The first kappa shape index (κ1) is 23.0. The number of nitrogens with zero attached hydrogens (tertiary/aromatic N) is 1. The van der Waals surface area contributed by atoms with Gasteiger partial charge in [-0.15, -0.1) is 0 Å². The topological polar surface area (TPSA) is 88.3 Å². The summed E-state index contributed by atoms with van der Waals surface area (Å²) in [5.74, 6) is 0.367. The molecule has 2 N–H and O–H groups in total. The second-order valence-electron chi connectivity index (χ2n) is 8.20. The number of nitrogens with one attached hydrogen (secondary N) is 1. The first-order valence-corrected chi connectivity index (χ1v) is 11.6. The molecule has 0 aliphatic heterocycles. The number of aromatic carboxylic acids is 1. The molecule has 0 amide bonds. The van der Waals surface area contributed by atoms with Gasteiger partial charge in [-0.25, -0.2) is 4.79 Å². The van der Waals surface area contributed by atoms with Gasteiger partial charge in [0.1, 0.15) is 23.8 Å². The second-order valence-corrected chi connectivity index (χ2v) is 9.01. The number of halogens is 2. The molecule has 0 atom stereocenters. The fourth-order valence-corrected chi connectivity index (χ4v) is 4.73. The maximum absolute atomic E-state index is 11.4. The molecule has 0 bridgehead atoms. The highest BCUT2D eigenvalue weighted by molar-refractivity contribution is 6.39. The van der Waals surface area contributed by atoms with Gasteiger partial charge < -0.3 is 19.4 Å². The monoisotopic (exact) mass is 506 g/mol. The number of aromatic nitrogens is 2. The zero-order chi connectivity index (χ0) is 24.7. The largest absolute Gasteiger partial charge is 0.489 e. The van der Waals surface area contributed by atoms with Crippen molar-refractivity contribution in [1.82, 2.24) is 10.1 Å². The SMILES string of the molecule is Cc1cc(OCc2c(-c3c(Cl)cccc3Cl)noc2C)ccc1-c1ccc2c(C(=O)O)c[nH]c2c1. The van der Waals surface area contributed by atoms with Crippen LogP contribution in [-0.2, 0) is 6.61 Å². The highest BCUT2D eigenvalue weighted by Crippen LogP contribution is 2.37. The summed E-state index contributed by atoms with van der Waals surface area (Å²) in [6, 6.07) is 16.8. The van der Waals surface area contributed by atoms with E-state index in [1.165, 1.54) is 6.20 Å². The van der Waals surface area contributed by atoms with Crippen LogP contribution in [0.25, 0.3) is 33.3 Å². The lowest BCUT2D eigenvalue weighted by molar-refractivity contribution is 0.0699. The molecular formula is C27H20Cl2N2O4. The smallest absolute Gasteiger partial charge is 0.337 e. The van der Waals surface area contributed by atoms with Crippen molar-refractivity contribution in [3.63, 3.8) is 0 Å². The molecule has 8 heteroatoms. The maximum atomic E-state index is 11.4. The molecule has 176 valence electrons. The molecule has 5 rings (SSSR count). The van der Waals surface area contributed by atoms with Gasteiger partial charge in [-0.05, 0) is 60.9 Å². The van der Waals surface area contributed by atoms with Crippen molar-refractivity contribution < 1.29 is 19.2 Å². The Labute approximate surface area is 211 Å². The van der Waals surface area contributed by atoms with Crippen LogP contribution >= 0.6 is 23.2 Å². The molecule has 0 aliphatic carbocycles. The zero-order valence-electron chi connectivity index (χ0n) is 18.9. The number of hydrogen-bond donors (Lipinski definition) is 2. The van der Waals surface area contributed by atoms with Crippen molar-refractivity contribution >= 4 is 40.1 Å². The number of carboxylic acids is 1. The van der Waals surface area contributed by atoms with Gasteiger partial charge in [0.2, 0.25) is 0 Å². The van der Waals surface area contributed by atoms with E-state index in [1.54, 1.807) is 18.2 Å². The van der Waals surface area contributed by atoms with Crippen molar-refractivity contribution in [2.24, 2.45) is 0 Å². The number of carboxylic acid groups (broad SMARTS) is 1. The van der Waals surface area contributed by atoms with Gasteiger partial charge in [0, 0.05) is 22.7 Å². The van der Waals surface area contributed by atoms with Crippen LogP contribution in [0.4, 0.5) is 0 Å². The normalized spacial score (nSPS) is 11.2. The number of rotatable bonds is 6. The highest BCUT2D eigenvalue weighted by atomic mass is 35.5. The molecule has 0 saturated carbocycles. The molecule has 0 unspecified atom stereocenters. The van der Waals surface area contributed by atoms with Crippen LogP contribution in [0.3, 0.4) is 0 Å². The lowest BCUT2D eigenvalue weighted by Gasteiger charge is -2.12. The van der Waals surface area contributed by atoms with Crippen LogP contribution in [0.5, 0.6) is 5.75 Å². The Kier molecular flexibility index (Phi) is 6.01. The summed E-state index contributed by atoms with van der Waals surface area (Å²) in [4.78, 5) is 14.4. The Morgan fingerprint density at radius 1 is 1.09 bits per heavy atom. The number of carbonyl (C=O) groups is 1. The summed E-state index contributed by atoms with van der Waals surface area (Å²) < 4.78 is 11.5. The molecule has 0 spiro atoms. The summed E-state index contributed by atoms with van der Waals surface area (Å²) in [5.41, 5.74) is 5.99. The summed E-state index contributed by atoms with van der Waals surface area (Å²) in [6.45, 7) is 4.06. The van der Waals surface area contributed by atoms with Crippen LogP contribution in [-0.4, -0.2) is 21.2 Å². The molecule has 3 aromatic carbocycles. The molecular weight excluding hydrogens is 487 g/mol. The van der Waals surface area contributed by atoms with E-state index in [-0.39, 0.29) is 12.2 Å². The molecule has 0 aliphatic rings. The van der Waals surface area contributed by atoms with Gasteiger partial charge in [0.15, 0.2) is 0 Å². The Hall–Kier alpha value is -3.74. The fraction of sp³-hybridized carbons (Fsp3) is 0.111. The van der Waals surface area contributed by atoms with E-state index in [0.29, 0.717) is 38.2 Å². The number of ether oxygens (including phenoxy) is 1. The molecule has 6 nitrogen and oxygen atoms in total. The summed E-state index contributed by atoms with van der Waals surface area (Å²) in [7, 11) is 0. The molecule has 0 saturated heterocycles. The predicted molar refractivity (Wildman–Crippen MR) is 136 cm³/mol. The average molecular weight is 507 g/mol. The Bertz CT molecular complexity index is 1570. The van der Waals surface area contributed by atoms with Crippen LogP contribution in [0.15, 0.2) is 65.3 Å². The van der Waals surface area contributed by atoms with Gasteiger partial charge in [0.25, 0.3) is 0 Å². The van der Waals surface area contributed by atoms with Crippen molar-refractivity contribution in [2.45, 2.75) is 20.5 Å². The number of hydrogen-bond acceptors (Lipinski definition) is 4. The van der Waals surface area contributed by atoms with Gasteiger partial charge in [-0.1, -0.05) is 52.6 Å².